The smallest absolute Gasteiger partial charge is 0.250 e. The summed E-state index contributed by atoms with van der Waals surface area (Å²) in [7, 11) is -3.32. The molecule has 19 heavy (non-hydrogen) atoms. The van der Waals surface area contributed by atoms with E-state index in [0.29, 0.717) is 10.8 Å². The molecule has 0 unspecified atom stereocenters. The fourth-order valence-electron chi connectivity index (χ4n) is 2.01. The first-order valence-electron chi connectivity index (χ1n) is 6.59. The van der Waals surface area contributed by atoms with Gasteiger partial charge in [-0.05, 0) is 37.9 Å². The maximum atomic E-state index is 12.1. The molecule has 4 nitrogen and oxygen atoms in total. The van der Waals surface area contributed by atoms with Crippen molar-refractivity contribution < 1.29 is 8.42 Å². The van der Waals surface area contributed by atoms with Gasteiger partial charge in [-0.1, -0.05) is 18.6 Å². The lowest BCUT2D eigenvalue weighted by molar-refractivity contribution is 0.582. The van der Waals surface area contributed by atoms with E-state index in [2.05, 4.69) is 16.1 Å². The normalized spacial score (nSPS) is 16.4. The molecule has 0 aromatic carbocycles. The Hall–Kier alpha value is -0.690. The molecule has 0 amide bonds. The van der Waals surface area contributed by atoms with Crippen molar-refractivity contribution >= 4 is 21.4 Å². The molecule has 0 atom stereocenters. The van der Waals surface area contributed by atoms with Crippen molar-refractivity contribution in [3.05, 3.63) is 28.7 Å². The molecule has 0 bridgehead atoms. The molecule has 1 aliphatic rings. The van der Waals surface area contributed by atoms with Crippen LogP contribution in [0.1, 0.15) is 24.6 Å². The minimum Gasteiger partial charge on any atom is -0.313 e. The van der Waals surface area contributed by atoms with Crippen LogP contribution in [0.5, 0.6) is 0 Å². The average Bonchev–Trinajstić information content (AvgIpc) is 2.89. The largest absolute Gasteiger partial charge is 0.313 e. The molecule has 0 fully saturated rings. The SMILES string of the molecule is CCc1ccc(S(=O)(=O)NCCC2=CCNCC2)s1. The van der Waals surface area contributed by atoms with Crippen molar-refractivity contribution in [1.29, 1.82) is 0 Å². The first-order chi connectivity index (χ1) is 9.12. The lowest BCUT2D eigenvalue weighted by Crippen LogP contribution is -2.26. The van der Waals surface area contributed by atoms with Crippen molar-refractivity contribution in [3.8, 4) is 0 Å². The Kier molecular flexibility index (Phi) is 5.15. The van der Waals surface area contributed by atoms with Gasteiger partial charge in [0.1, 0.15) is 4.21 Å². The minimum atomic E-state index is -3.32. The number of thiophene rings is 1. The molecule has 1 aromatic rings. The van der Waals surface area contributed by atoms with Gasteiger partial charge in [0.15, 0.2) is 0 Å². The summed E-state index contributed by atoms with van der Waals surface area (Å²) < 4.78 is 27.2. The highest BCUT2D eigenvalue weighted by Crippen LogP contribution is 2.21. The first-order valence-corrected chi connectivity index (χ1v) is 8.89. The third-order valence-electron chi connectivity index (χ3n) is 3.15. The molecule has 0 radical (unpaired) electrons. The highest BCUT2D eigenvalue weighted by Gasteiger charge is 2.16. The van der Waals surface area contributed by atoms with Crippen LogP contribution in [-0.2, 0) is 16.4 Å². The highest BCUT2D eigenvalue weighted by molar-refractivity contribution is 7.91. The maximum Gasteiger partial charge on any atom is 0.250 e. The molecular weight excluding hydrogens is 280 g/mol. The van der Waals surface area contributed by atoms with Gasteiger partial charge in [-0.25, -0.2) is 13.1 Å². The lowest BCUT2D eigenvalue weighted by Gasteiger charge is -2.14. The Morgan fingerprint density at radius 3 is 2.89 bits per heavy atom. The van der Waals surface area contributed by atoms with E-state index in [-0.39, 0.29) is 0 Å². The van der Waals surface area contributed by atoms with Gasteiger partial charge in [0.25, 0.3) is 0 Å². The zero-order valence-electron chi connectivity index (χ0n) is 11.1. The molecule has 0 aliphatic carbocycles. The van der Waals surface area contributed by atoms with Crippen molar-refractivity contribution in [3.63, 3.8) is 0 Å². The fourth-order valence-corrected chi connectivity index (χ4v) is 4.38. The molecule has 2 rings (SSSR count). The average molecular weight is 300 g/mol. The Morgan fingerprint density at radius 2 is 2.26 bits per heavy atom. The van der Waals surface area contributed by atoms with Crippen LogP contribution in [0.4, 0.5) is 0 Å². The molecule has 0 spiro atoms. The van der Waals surface area contributed by atoms with Crippen LogP contribution in [0, 0.1) is 0 Å². The van der Waals surface area contributed by atoms with Crippen molar-refractivity contribution in [2.24, 2.45) is 0 Å². The van der Waals surface area contributed by atoms with Crippen molar-refractivity contribution in [2.45, 2.75) is 30.4 Å². The summed E-state index contributed by atoms with van der Waals surface area (Å²) in [5, 5.41) is 3.24. The Bertz CT molecular complexity index is 547. The molecule has 2 heterocycles. The number of aryl methyl sites for hydroxylation is 1. The predicted octanol–water partition coefficient (Wildman–Crippen LogP) is 1.90. The molecule has 0 saturated carbocycles. The fraction of sp³-hybridized carbons (Fsp3) is 0.538. The van der Waals surface area contributed by atoms with E-state index in [0.717, 1.165) is 37.2 Å². The monoisotopic (exact) mass is 300 g/mol. The first kappa shape index (κ1) is 14.7. The Balaban J connectivity index is 1.88. The number of hydrogen-bond acceptors (Lipinski definition) is 4. The van der Waals surface area contributed by atoms with Crippen LogP contribution >= 0.6 is 11.3 Å². The van der Waals surface area contributed by atoms with Crippen LogP contribution in [0.25, 0.3) is 0 Å². The van der Waals surface area contributed by atoms with Gasteiger partial charge >= 0.3 is 0 Å². The summed E-state index contributed by atoms with van der Waals surface area (Å²) in [5.74, 6) is 0. The molecule has 1 aliphatic heterocycles. The Morgan fingerprint density at radius 1 is 1.42 bits per heavy atom. The summed E-state index contributed by atoms with van der Waals surface area (Å²) in [6.45, 7) is 4.39. The number of hydrogen-bond donors (Lipinski definition) is 2. The van der Waals surface area contributed by atoms with Gasteiger partial charge in [0.05, 0.1) is 0 Å². The number of nitrogens with one attached hydrogen (secondary N) is 2. The third-order valence-corrected chi connectivity index (χ3v) is 6.33. The molecule has 6 heteroatoms. The second kappa shape index (κ2) is 6.65. The summed E-state index contributed by atoms with van der Waals surface area (Å²) in [6.07, 6.45) is 4.84. The zero-order chi connectivity index (χ0) is 13.7. The van der Waals surface area contributed by atoms with Crippen LogP contribution in [0.15, 0.2) is 28.0 Å². The van der Waals surface area contributed by atoms with Gasteiger partial charge in [0, 0.05) is 18.0 Å². The number of sulfonamides is 1. The second-order valence-corrected chi connectivity index (χ2v) is 7.70. The molecular formula is C13H20N2O2S2. The van der Waals surface area contributed by atoms with E-state index in [4.69, 9.17) is 0 Å². The van der Waals surface area contributed by atoms with E-state index in [1.54, 1.807) is 6.07 Å². The predicted molar refractivity (Wildman–Crippen MR) is 79.1 cm³/mol. The van der Waals surface area contributed by atoms with E-state index in [1.807, 2.05) is 13.0 Å². The standard InChI is InChI=1S/C13H20N2O2S2/c1-2-12-3-4-13(18-12)19(16,17)15-10-7-11-5-8-14-9-6-11/h3-5,14-15H,2,6-10H2,1H3. The maximum absolute atomic E-state index is 12.1. The minimum absolute atomic E-state index is 0.420. The van der Waals surface area contributed by atoms with Gasteiger partial charge in [-0.2, -0.15) is 0 Å². The van der Waals surface area contributed by atoms with E-state index in [1.165, 1.54) is 16.9 Å². The van der Waals surface area contributed by atoms with E-state index < -0.39 is 10.0 Å². The van der Waals surface area contributed by atoms with Crippen molar-refractivity contribution in [2.75, 3.05) is 19.6 Å². The van der Waals surface area contributed by atoms with Crippen LogP contribution in [0.3, 0.4) is 0 Å². The molecule has 106 valence electrons. The molecule has 1 aromatic heterocycles. The molecule has 0 saturated heterocycles. The lowest BCUT2D eigenvalue weighted by atomic mass is 10.1. The van der Waals surface area contributed by atoms with Gasteiger partial charge in [-0.15, -0.1) is 11.3 Å². The van der Waals surface area contributed by atoms with E-state index >= 15 is 0 Å². The summed E-state index contributed by atoms with van der Waals surface area (Å²) >= 11 is 1.35. The number of rotatable bonds is 6. The third kappa shape index (κ3) is 4.14. The quantitative estimate of drug-likeness (QED) is 0.789. The Labute approximate surface area is 119 Å². The topological polar surface area (TPSA) is 58.2 Å². The summed E-state index contributed by atoms with van der Waals surface area (Å²) in [6, 6.07) is 3.57. The van der Waals surface area contributed by atoms with Crippen molar-refractivity contribution in [1.82, 2.24) is 10.0 Å². The highest BCUT2D eigenvalue weighted by atomic mass is 32.2. The van der Waals surface area contributed by atoms with Gasteiger partial charge < -0.3 is 5.32 Å². The summed E-state index contributed by atoms with van der Waals surface area (Å²) in [5.41, 5.74) is 1.34. The van der Waals surface area contributed by atoms with Crippen LogP contribution in [0.2, 0.25) is 0 Å². The van der Waals surface area contributed by atoms with Gasteiger partial charge in [0.2, 0.25) is 10.0 Å². The zero-order valence-corrected chi connectivity index (χ0v) is 12.7. The van der Waals surface area contributed by atoms with Crippen LogP contribution < -0.4 is 10.0 Å². The van der Waals surface area contributed by atoms with Crippen LogP contribution in [-0.4, -0.2) is 28.1 Å². The molecule has 2 N–H and O–H groups in total. The van der Waals surface area contributed by atoms with Gasteiger partial charge in [-0.3, -0.25) is 0 Å². The summed E-state index contributed by atoms with van der Waals surface area (Å²) in [4.78, 5) is 1.10. The second-order valence-electron chi connectivity index (χ2n) is 4.54. The van der Waals surface area contributed by atoms with E-state index in [9.17, 15) is 8.42 Å².